The van der Waals surface area contributed by atoms with E-state index in [1.54, 1.807) is 4.90 Å². The molecule has 0 aliphatic carbocycles. The van der Waals surface area contributed by atoms with Gasteiger partial charge in [-0.05, 0) is 50.5 Å². The molecule has 164 valence electrons. The van der Waals surface area contributed by atoms with Crippen molar-refractivity contribution in [2.75, 3.05) is 18.1 Å². The lowest BCUT2D eigenvalue weighted by molar-refractivity contribution is 0.0982. The molecule has 0 spiro atoms. The van der Waals surface area contributed by atoms with Crippen LogP contribution in [0.1, 0.15) is 48.8 Å². The van der Waals surface area contributed by atoms with Crippen molar-refractivity contribution in [3.05, 3.63) is 66.0 Å². The van der Waals surface area contributed by atoms with Crippen LogP contribution in [0.25, 0.3) is 11.4 Å². The van der Waals surface area contributed by atoms with Gasteiger partial charge in [-0.2, -0.15) is 5.26 Å². The number of nitrogens with zero attached hydrogens (tertiary/aromatic N) is 4. The van der Waals surface area contributed by atoms with Crippen molar-refractivity contribution in [1.82, 2.24) is 9.55 Å². The highest BCUT2D eigenvalue weighted by Gasteiger charge is 2.28. The molecule has 3 aromatic rings. The fourth-order valence-corrected chi connectivity index (χ4v) is 4.23. The van der Waals surface area contributed by atoms with Crippen molar-refractivity contribution in [2.45, 2.75) is 45.6 Å². The quantitative estimate of drug-likeness (QED) is 0.516. The number of fused-ring (bicyclic) bond motifs is 1. The zero-order chi connectivity index (χ0) is 22.3. The number of imidazole rings is 1. The molecule has 1 aliphatic heterocycles. The van der Waals surface area contributed by atoms with Gasteiger partial charge in [0.25, 0.3) is 5.91 Å². The van der Waals surface area contributed by atoms with Crippen LogP contribution >= 0.6 is 0 Å². The van der Waals surface area contributed by atoms with E-state index in [0.29, 0.717) is 18.8 Å². The summed E-state index contributed by atoms with van der Waals surface area (Å²) in [6.45, 7) is 3.70. The first kappa shape index (κ1) is 21.6. The molecule has 6 heteroatoms. The van der Waals surface area contributed by atoms with Crippen molar-refractivity contribution >= 4 is 11.6 Å². The molecule has 6 nitrogen and oxygen atoms in total. The van der Waals surface area contributed by atoms with Crippen LogP contribution in [0.5, 0.6) is 5.75 Å². The van der Waals surface area contributed by atoms with Gasteiger partial charge in [0, 0.05) is 24.3 Å². The number of aromatic nitrogens is 2. The Bertz CT molecular complexity index is 1100. The van der Waals surface area contributed by atoms with Gasteiger partial charge >= 0.3 is 0 Å². The Labute approximate surface area is 189 Å². The molecule has 2 aromatic carbocycles. The highest BCUT2D eigenvalue weighted by Crippen LogP contribution is 2.29. The molecule has 0 saturated heterocycles. The topological polar surface area (TPSA) is 71.2 Å². The molecule has 0 fully saturated rings. The molecule has 32 heavy (non-hydrogen) atoms. The number of benzene rings is 2. The van der Waals surface area contributed by atoms with Gasteiger partial charge in [-0.25, -0.2) is 4.98 Å². The van der Waals surface area contributed by atoms with Gasteiger partial charge in [0.2, 0.25) is 0 Å². The maximum Gasteiger partial charge on any atom is 0.278 e. The number of nitriles is 1. The Kier molecular flexibility index (Phi) is 6.86. The monoisotopic (exact) mass is 428 g/mol. The maximum absolute atomic E-state index is 13.8. The second-order valence-electron chi connectivity index (χ2n) is 7.85. The lowest BCUT2D eigenvalue weighted by Gasteiger charge is -2.22. The van der Waals surface area contributed by atoms with Crippen LogP contribution in [0.4, 0.5) is 5.69 Å². The van der Waals surface area contributed by atoms with Crippen LogP contribution in [-0.2, 0) is 13.0 Å². The highest BCUT2D eigenvalue weighted by atomic mass is 16.5. The third kappa shape index (κ3) is 4.52. The first-order valence-corrected chi connectivity index (χ1v) is 11.3. The standard InChI is InChI=1S/C26H28N4O2/c1-2-32-22-15-13-21(14-16-22)29(19-9-17-27)26(31)24-23-12-7-4-8-18-30(23)25(28-24)20-10-5-3-6-11-20/h3,5-6,10-11,13-16H,2,4,7-9,12,18-19H2,1H3. The van der Waals surface area contributed by atoms with Crippen molar-refractivity contribution < 1.29 is 9.53 Å². The summed E-state index contributed by atoms with van der Waals surface area (Å²) in [5, 5.41) is 9.18. The van der Waals surface area contributed by atoms with Crippen LogP contribution in [0.15, 0.2) is 54.6 Å². The number of rotatable bonds is 7. The van der Waals surface area contributed by atoms with Crippen LogP contribution in [0.3, 0.4) is 0 Å². The van der Waals surface area contributed by atoms with E-state index >= 15 is 0 Å². The Morgan fingerprint density at radius 2 is 1.91 bits per heavy atom. The summed E-state index contributed by atoms with van der Waals surface area (Å²) in [6, 6.07) is 19.7. The molecule has 0 atom stereocenters. The summed E-state index contributed by atoms with van der Waals surface area (Å²) in [6.07, 6.45) is 4.34. The fourth-order valence-electron chi connectivity index (χ4n) is 4.23. The molecule has 2 heterocycles. The third-order valence-electron chi connectivity index (χ3n) is 5.75. The maximum atomic E-state index is 13.8. The molecule has 4 rings (SSSR count). The van der Waals surface area contributed by atoms with E-state index in [-0.39, 0.29) is 12.3 Å². The first-order chi connectivity index (χ1) is 15.7. The third-order valence-corrected chi connectivity index (χ3v) is 5.75. The minimum atomic E-state index is -0.155. The van der Waals surface area contributed by atoms with Gasteiger partial charge in [0.1, 0.15) is 11.6 Å². The number of anilines is 1. The first-order valence-electron chi connectivity index (χ1n) is 11.3. The van der Waals surface area contributed by atoms with E-state index in [0.717, 1.165) is 60.7 Å². The van der Waals surface area contributed by atoms with Crippen molar-refractivity contribution in [3.8, 4) is 23.2 Å². The van der Waals surface area contributed by atoms with E-state index < -0.39 is 0 Å². The second kappa shape index (κ2) is 10.1. The lowest BCUT2D eigenvalue weighted by Crippen LogP contribution is -2.33. The number of ether oxygens (including phenoxy) is 1. The summed E-state index contributed by atoms with van der Waals surface area (Å²) < 4.78 is 7.75. The van der Waals surface area contributed by atoms with Gasteiger partial charge in [0.15, 0.2) is 5.69 Å². The lowest BCUT2D eigenvalue weighted by atomic mass is 10.1. The minimum Gasteiger partial charge on any atom is -0.494 e. The van der Waals surface area contributed by atoms with E-state index in [1.807, 2.05) is 61.5 Å². The molecular weight excluding hydrogens is 400 g/mol. The summed E-state index contributed by atoms with van der Waals surface area (Å²) in [7, 11) is 0. The number of carbonyl (C=O) groups is 1. The summed E-state index contributed by atoms with van der Waals surface area (Å²) >= 11 is 0. The van der Waals surface area contributed by atoms with E-state index in [1.165, 1.54) is 0 Å². The molecule has 0 radical (unpaired) electrons. The normalized spacial score (nSPS) is 13.0. The Morgan fingerprint density at radius 3 is 2.62 bits per heavy atom. The van der Waals surface area contributed by atoms with Crippen molar-refractivity contribution in [3.63, 3.8) is 0 Å². The number of carbonyl (C=O) groups excluding carboxylic acids is 1. The van der Waals surface area contributed by atoms with Crippen LogP contribution in [0, 0.1) is 11.3 Å². The van der Waals surface area contributed by atoms with E-state index in [2.05, 4.69) is 10.6 Å². The Balaban J connectivity index is 1.75. The average Bonchev–Trinajstić information content (AvgIpc) is 3.01. The SMILES string of the molecule is CCOc1ccc(N(CCC#N)C(=O)c2nc(-c3ccccc3)n3c2CCCCC3)cc1. The molecule has 1 aromatic heterocycles. The molecule has 1 aliphatic rings. The molecule has 0 N–H and O–H groups in total. The second-order valence-corrected chi connectivity index (χ2v) is 7.85. The van der Waals surface area contributed by atoms with Crippen LogP contribution in [-0.4, -0.2) is 28.6 Å². The molecule has 1 amide bonds. The summed E-state index contributed by atoms with van der Waals surface area (Å²) in [5.74, 6) is 1.45. The van der Waals surface area contributed by atoms with E-state index in [4.69, 9.17) is 9.72 Å². The largest absolute Gasteiger partial charge is 0.494 e. The Morgan fingerprint density at radius 1 is 1.12 bits per heavy atom. The van der Waals surface area contributed by atoms with Crippen LogP contribution < -0.4 is 9.64 Å². The van der Waals surface area contributed by atoms with Gasteiger partial charge in [-0.1, -0.05) is 36.8 Å². The molecule has 0 saturated carbocycles. The summed E-state index contributed by atoms with van der Waals surface area (Å²) in [5.41, 5.74) is 3.25. The van der Waals surface area contributed by atoms with E-state index in [9.17, 15) is 10.1 Å². The average molecular weight is 429 g/mol. The van der Waals surface area contributed by atoms with Gasteiger partial charge in [-0.3, -0.25) is 4.79 Å². The number of hydrogen-bond donors (Lipinski definition) is 0. The molecule has 0 bridgehead atoms. The minimum absolute atomic E-state index is 0.155. The van der Waals surface area contributed by atoms with Crippen molar-refractivity contribution in [1.29, 1.82) is 5.26 Å². The van der Waals surface area contributed by atoms with Crippen LogP contribution in [0.2, 0.25) is 0 Å². The number of amides is 1. The number of hydrogen-bond acceptors (Lipinski definition) is 4. The Hall–Kier alpha value is -3.59. The summed E-state index contributed by atoms with van der Waals surface area (Å²) in [4.78, 5) is 20.3. The fraction of sp³-hybridized carbons (Fsp3) is 0.346. The van der Waals surface area contributed by atoms with Gasteiger partial charge < -0.3 is 14.2 Å². The smallest absolute Gasteiger partial charge is 0.278 e. The van der Waals surface area contributed by atoms with Gasteiger partial charge in [-0.15, -0.1) is 0 Å². The van der Waals surface area contributed by atoms with Crippen molar-refractivity contribution in [2.24, 2.45) is 0 Å². The molecular formula is C26H28N4O2. The molecule has 0 unspecified atom stereocenters. The zero-order valence-electron chi connectivity index (χ0n) is 18.5. The highest BCUT2D eigenvalue weighted by molar-refractivity contribution is 6.06. The van der Waals surface area contributed by atoms with Gasteiger partial charge in [0.05, 0.1) is 24.8 Å². The zero-order valence-corrected chi connectivity index (χ0v) is 18.5. The predicted octanol–water partition coefficient (Wildman–Crippen LogP) is 5.24. The predicted molar refractivity (Wildman–Crippen MR) is 125 cm³/mol.